The van der Waals surface area contributed by atoms with Crippen LogP contribution in [-0.2, 0) is 11.4 Å². The fourth-order valence-corrected chi connectivity index (χ4v) is 4.77. The summed E-state index contributed by atoms with van der Waals surface area (Å²) in [6.07, 6.45) is 1.52. The summed E-state index contributed by atoms with van der Waals surface area (Å²) in [5.74, 6) is 0.621. The largest absolute Gasteiger partial charge is 0.493 e. The number of ether oxygens (including phenoxy) is 2. The quantitative estimate of drug-likeness (QED) is 0.200. The van der Waals surface area contributed by atoms with Crippen molar-refractivity contribution < 1.29 is 18.7 Å². The molecule has 168 valence electrons. The highest BCUT2D eigenvalue weighted by Crippen LogP contribution is 2.30. The van der Waals surface area contributed by atoms with Crippen molar-refractivity contribution in [3.8, 4) is 11.5 Å². The van der Waals surface area contributed by atoms with Crippen molar-refractivity contribution in [2.24, 2.45) is 5.10 Å². The van der Waals surface area contributed by atoms with Crippen LogP contribution < -0.4 is 14.9 Å². The summed E-state index contributed by atoms with van der Waals surface area (Å²) >= 11 is 2.93. The van der Waals surface area contributed by atoms with Gasteiger partial charge in [0, 0.05) is 5.56 Å². The van der Waals surface area contributed by atoms with E-state index in [-0.39, 0.29) is 24.1 Å². The molecular formula is C24H20FN3O3S2. The lowest BCUT2D eigenvalue weighted by Crippen LogP contribution is -2.19. The standard InChI is InChI=1S/C24H20FN3O3S2/c1-30-21-12-16(10-11-20(21)31-14-17-6-2-3-7-18(17)25)13-26-28-23(29)15-32-24-27-19-8-4-5-9-22(19)33-24/h2-13H,14-15H2,1H3,(H,28,29)/b26-13-. The summed E-state index contributed by atoms with van der Waals surface area (Å²) in [5, 5.41) is 4.01. The summed E-state index contributed by atoms with van der Waals surface area (Å²) in [5.41, 5.74) is 4.61. The molecule has 0 radical (unpaired) electrons. The maximum Gasteiger partial charge on any atom is 0.250 e. The van der Waals surface area contributed by atoms with Crippen LogP contribution in [0.4, 0.5) is 4.39 Å². The Morgan fingerprint density at radius 3 is 2.79 bits per heavy atom. The molecule has 1 aromatic heterocycles. The topological polar surface area (TPSA) is 72.8 Å². The average Bonchev–Trinajstić information content (AvgIpc) is 3.26. The van der Waals surface area contributed by atoms with Gasteiger partial charge in [0.2, 0.25) is 0 Å². The van der Waals surface area contributed by atoms with Crippen LogP contribution in [0.3, 0.4) is 0 Å². The number of halogens is 1. The molecule has 9 heteroatoms. The molecule has 1 heterocycles. The predicted octanol–water partition coefficient (Wildman–Crippen LogP) is 5.27. The van der Waals surface area contributed by atoms with E-state index in [1.807, 2.05) is 24.3 Å². The number of nitrogens with one attached hydrogen (secondary N) is 1. The van der Waals surface area contributed by atoms with Crippen LogP contribution in [0.5, 0.6) is 11.5 Å². The minimum atomic E-state index is -0.322. The van der Waals surface area contributed by atoms with Crippen LogP contribution in [0.25, 0.3) is 10.2 Å². The average molecular weight is 482 g/mol. The van der Waals surface area contributed by atoms with Crippen LogP contribution in [-0.4, -0.2) is 30.0 Å². The number of rotatable bonds is 9. The number of carbonyl (C=O) groups is 1. The van der Waals surface area contributed by atoms with Crippen molar-refractivity contribution in [1.29, 1.82) is 0 Å². The fourth-order valence-electron chi connectivity index (χ4n) is 2.91. The molecule has 0 saturated carbocycles. The first-order chi connectivity index (χ1) is 16.1. The molecule has 0 bridgehead atoms. The predicted molar refractivity (Wildman–Crippen MR) is 130 cm³/mol. The Hall–Kier alpha value is -3.43. The van der Waals surface area contributed by atoms with Gasteiger partial charge in [0.15, 0.2) is 15.8 Å². The first-order valence-electron chi connectivity index (χ1n) is 9.97. The lowest BCUT2D eigenvalue weighted by Gasteiger charge is -2.11. The van der Waals surface area contributed by atoms with E-state index in [9.17, 15) is 9.18 Å². The first kappa shape index (κ1) is 22.8. The van der Waals surface area contributed by atoms with Gasteiger partial charge in [0.05, 0.1) is 29.3 Å². The van der Waals surface area contributed by atoms with Gasteiger partial charge in [-0.3, -0.25) is 4.79 Å². The second kappa shape index (κ2) is 10.9. The van der Waals surface area contributed by atoms with Crippen LogP contribution in [0.2, 0.25) is 0 Å². The summed E-state index contributed by atoms with van der Waals surface area (Å²) in [7, 11) is 1.52. The number of methoxy groups -OCH3 is 1. The van der Waals surface area contributed by atoms with E-state index in [4.69, 9.17) is 9.47 Å². The van der Waals surface area contributed by atoms with Crippen LogP contribution in [0.15, 0.2) is 76.2 Å². The number of nitrogens with zero attached hydrogens (tertiary/aromatic N) is 2. The molecule has 0 aliphatic heterocycles. The Kier molecular flexibility index (Phi) is 7.54. The molecule has 1 N–H and O–H groups in total. The molecule has 33 heavy (non-hydrogen) atoms. The minimum Gasteiger partial charge on any atom is -0.493 e. The Morgan fingerprint density at radius 2 is 1.97 bits per heavy atom. The van der Waals surface area contributed by atoms with Gasteiger partial charge >= 0.3 is 0 Å². The number of carbonyl (C=O) groups excluding carboxylic acids is 1. The number of aromatic nitrogens is 1. The molecule has 0 aliphatic carbocycles. The zero-order chi connectivity index (χ0) is 23.0. The molecule has 1 amide bonds. The molecule has 0 saturated heterocycles. The second-order valence-corrected chi connectivity index (χ2v) is 9.07. The van der Waals surface area contributed by atoms with Crippen molar-refractivity contribution in [2.75, 3.05) is 12.9 Å². The SMILES string of the molecule is COc1cc(/C=N\NC(=O)CSc2nc3ccccc3s2)ccc1OCc1ccccc1F. The summed E-state index contributed by atoms with van der Waals surface area (Å²) in [6.45, 7) is 0.0822. The zero-order valence-electron chi connectivity index (χ0n) is 17.7. The van der Waals surface area contributed by atoms with Crippen molar-refractivity contribution in [1.82, 2.24) is 10.4 Å². The molecule has 0 atom stereocenters. The highest BCUT2D eigenvalue weighted by molar-refractivity contribution is 8.01. The van der Waals surface area contributed by atoms with E-state index in [2.05, 4.69) is 15.5 Å². The number of thioether (sulfide) groups is 1. The zero-order valence-corrected chi connectivity index (χ0v) is 19.3. The Bertz CT molecular complexity index is 1260. The van der Waals surface area contributed by atoms with E-state index in [1.165, 1.54) is 31.2 Å². The molecule has 3 aromatic carbocycles. The van der Waals surface area contributed by atoms with E-state index < -0.39 is 0 Å². The monoisotopic (exact) mass is 481 g/mol. The number of hydrazone groups is 1. The van der Waals surface area contributed by atoms with E-state index >= 15 is 0 Å². The van der Waals surface area contributed by atoms with Gasteiger partial charge in [0.25, 0.3) is 5.91 Å². The van der Waals surface area contributed by atoms with Gasteiger partial charge in [-0.2, -0.15) is 5.10 Å². The second-order valence-electron chi connectivity index (χ2n) is 6.82. The molecule has 6 nitrogen and oxygen atoms in total. The van der Waals surface area contributed by atoms with Crippen LogP contribution in [0.1, 0.15) is 11.1 Å². The summed E-state index contributed by atoms with van der Waals surface area (Å²) in [6, 6.07) is 19.5. The highest BCUT2D eigenvalue weighted by Gasteiger charge is 2.09. The molecule has 4 rings (SSSR count). The maximum absolute atomic E-state index is 13.8. The number of thiazole rings is 1. The molecular weight excluding hydrogens is 461 g/mol. The lowest BCUT2D eigenvalue weighted by molar-refractivity contribution is -0.118. The fraction of sp³-hybridized carbons (Fsp3) is 0.125. The molecule has 0 fully saturated rings. The van der Waals surface area contributed by atoms with Gasteiger partial charge in [-0.25, -0.2) is 14.8 Å². The third kappa shape index (κ3) is 6.09. The normalized spacial score (nSPS) is 11.1. The first-order valence-corrected chi connectivity index (χ1v) is 11.8. The minimum absolute atomic E-state index is 0.0822. The number of hydrogen-bond acceptors (Lipinski definition) is 7. The Labute approximate surface area is 198 Å². The molecule has 0 aliphatic rings. The molecule has 4 aromatic rings. The van der Waals surface area contributed by atoms with Gasteiger partial charge < -0.3 is 9.47 Å². The number of amides is 1. The van der Waals surface area contributed by atoms with Crippen molar-refractivity contribution in [3.05, 3.63) is 83.7 Å². The van der Waals surface area contributed by atoms with Crippen LogP contribution in [0, 0.1) is 5.82 Å². The lowest BCUT2D eigenvalue weighted by atomic mass is 10.2. The van der Waals surface area contributed by atoms with Gasteiger partial charge in [-0.15, -0.1) is 11.3 Å². The van der Waals surface area contributed by atoms with Gasteiger partial charge in [-0.05, 0) is 42.0 Å². The summed E-state index contributed by atoms with van der Waals surface area (Å²) < 4.78 is 26.8. The van der Waals surface area contributed by atoms with Gasteiger partial charge in [-0.1, -0.05) is 42.1 Å². The molecule has 0 spiro atoms. The van der Waals surface area contributed by atoms with Crippen LogP contribution >= 0.6 is 23.1 Å². The van der Waals surface area contributed by atoms with E-state index in [0.717, 1.165) is 14.6 Å². The Balaban J connectivity index is 1.30. The van der Waals surface area contributed by atoms with Crippen molar-refractivity contribution in [3.63, 3.8) is 0 Å². The number of fused-ring (bicyclic) bond motifs is 1. The third-order valence-electron chi connectivity index (χ3n) is 4.53. The van der Waals surface area contributed by atoms with Gasteiger partial charge in [0.1, 0.15) is 12.4 Å². The Morgan fingerprint density at radius 1 is 1.15 bits per heavy atom. The maximum atomic E-state index is 13.8. The van der Waals surface area contributed by atoms with Crippen molar-refractivity contribution >= 4 is 45.4 Å². The number of benzene rings is 3. The smallest absolute Gasteiger partial charge is 0.250 e. The number of para-hydroxylation sites is 1. The highest BCUT2D eigenvalue weighted by atomic mass is 32.2. The van der Waals surface area contributed by atoms with E-state index in [0.29, 0.717) is 22.6 Å². The molecule has 0 unspecified atom stereocenters. The summed E-state index contributed by atoms with van der Waals surface area (Å²) in [4.78, 5) is 16.6. The number of hydrogen-bond donors (Lipinski definition) is 1. The van der Waals surface area contributed by atoms with Crippen molar-refractivity contribution in [2.45, 2.75) is 10.9 Å². The van der Waals surface area contributed by atoms with E-state index in [1.54, 1.807) is 47.7 Å². The third-order valence-corrected chi connectivity index (χ3v) is 6.71.